The lowest BCUT2D eigenvalue weighted by molar-refractivity contribution is -0.123. The quantitative estimate of drug-likeness (QED) is 0.708. The maximum atomic E-state index is 11.9. The normalized spacial score (nSPS) is 10.5. The molecule has 0 atom stereocenters. The monoisotopic (exact) mass is 378 g/mol. The van der Waals surface area contributed by atoms with E-state index in [-0.39, 0.29) is 24.9 Å². The second kappa shape index (κ2) is 7.96. The van der Waals surface area contributed by atoms with Crippen molar-refractivity contribution < 1.29 is 14.1 Å². The van der Waals surface area contributed by atoms with Crippen LogP contribution in [-0.4, -0.2) is 27.6 Å². The third kappa shape index (κ3) is 4.68. The van der Waals surface area contributed by atoms with Gasteiger partial charge < -0.3 is 14.6 Å². The molecule has 2 aromatic heterocycles. The number of aromatic nitrogens is 3. The number of rotatable bonds is 6. The molecule has 0 aliphatic heterocycles. The Morgan fingerprint density at radius 1 is 1.20 bits per heavy atom. The smallest absolute Gasteiger partial charge is 0.258 e. The maximum absolute atomic E-state index is 11.9. The standard InChI is InChI=1S/C16H12Cl2N4O3/c17-11-1-2-12(18)13(7-11)24-9-14(23)20-8-15-21-16(22-25-15)10-3-5-19-6-4-10/h1-7H,8-9H2,(H,20,23). The zero-order valence-corrected chi connectivity index (χ0v) is 14.3. The molecular formula is C16H12Cl2N4O3. The molecule has 0 aliphatic carbocycles. The molecule has 0 saturated heterocycles. The van der Waals surface area contributed by atoms with Crippen molar-refractivity contribution in [2.24, 2.45) is 0 Å². The topological polar surface area (TPSA) is 90.1 Å². The van der Waals surface area contributed by atoms with Crippen molar-refractivity contribution in [3.05, 3.63) is 58.7 Å². The number of halogens is 2. The summed E-state index contributed by atoms with van der Waals surface area (Å²) >= 11 is 11.8. The Morgan fingerprint density at radius 3 is 2.80 bits per heavy atom. The largest absolute Gasteiger partial charge is 0.482 e. The molecule has 7 nitrogen and oxygen atoms in total. The van der Waals surface area contributed by atoms with Crippen LogP contribution in [0.5, 0.6) is 5.75 Å². The van der Waals surface area contributed by atoms with Crippen molar-refractivity contribution >= 4 is 29.1 Å². The lowest BCUT2D eigenvalue weighted by Gasteiger charge is -2.08. The average molecular weight is 379 g/mol. The lowest BCUT2D eigenvalue weighted by Crippen LogP contribution is -2.28. The highest BCUT2D eigenvalue weighted by atomic mass is 35.5. The zero-order valence-electron chi connectivity index (χ0n) is 12.8. The second-order valence-electron chi connectivity index (χ2n) is 4.89. The van der Waals surface area contributed by atoms with Gasteiger partial charge in [-0.05, 0) is 24.3 Å². The first-order chi connectivity index (χ1) is 12.1. The van der Waals surface area contributed by atoms with Gasteiger partial charge in [-0.2, -0.15) is 4.98 Å². The van der Waals surface area contributed by atoms with E-state index in [0.29, 0.717) is 21.6 Å². The first kappa shape index (κ1) is 17.2. The Balaban J connectivity index is 1.51. The van der Waals surface area contributed by atoms with E-state index < -0.39 is 0 Å². The molecule has 0 radical (unpaired) electrons. The minimum absolute atomic E-state index is 0.0869. The van der Waals surface area contributed by atoms with Gasteiger partial charge in [-0.15, -0.1) is 0 Å². The van der Waals surface area contributed by atoms with Gasteiger partial charge in [0.15, 0.2) is 6.61 Å². The summed E-state index contributed by atoms with van der Waals surface area (Å²) in [6.45, 7) is -0.130. The summed E-state index contributed by atoms with van der Waals surface area (Å²) in [5, 5.41) is 7.31. The van der Waals surface area contributed by atoms with Gasteiger partial charge >= 0.3 is 0 Å². The summed E-state index contributed by atoms with van der Waals surface area (Å²) in [6, 6.07) is 8.28. The Hall–Kier alpha value is -2.64. The minimum Gasteiger partial charge on any atom is -0.482 e. The number of nitrogens with one attached hydrogen (secondary N) is 1. The van der Waals surface area contributed by atoms with Crippen molar-refractivity contribution in [1.82, 2.24) is 20.4 Å². The van der Waals surface area contributed by atoms with Gasteiger partial charge in [0.2, 0.25) is 11.7 Å². The molecule has 25 heavy (non-hydrogen) atoms. The van der Waals surface area contributed by atoms with Crippen molar-refractivity contribution in [2.45, 2.75) is 6.54 Å². The number of benzene rings is 1. The molecule has 0 aliphatic rings. The third-order valence-corrected chi connectivity index (χ3v) is 3.64. The fourth-order valence-electron chi connectivity index (χ4n) is 1.90. The van der Waals surface area contributed by atoms with Crippen LogP contribution < -0.4 is 10.1 Å². The summed E-state index contributed by atoms with van der Waals surface area (Å²) in [4.78, 5) is 20.0. The molecule has 0 spiro atoms. The van der Waals surface area contributed by atoms with Crippen LogP contribution in [0.25, 0.3) is 11.4 Å². The molecule has 0 saturated carbocycles. The minimum atomic E-state index is -0.361. The molecule has 0 unspecified atom stereocenters. The van der Waals surface area contributed by atoms with E-state index in [9.17, 15) is 4.79 Å². The summed E-state index contributed by atoms with van der Waals surface area (Å²) in [7, 11) is 0. The highest BCUT2D eigenvalue weighted by molar-refractivity contribution is 6.34. The van der Waals surface area contributed by atoms with Crippen LogP contribution in [0.4, 0.5) is 0 Å². The summed E-state index contributed by atoms with van der Waals surface area (Å²) in [5.74, 6) is 0.677. The Labute approximate surface area is 152 Å². The molecule has 3 rings (SSSR count). The SMILES string of the molecule is O=C(COc1cc(Cl)ccc1Cl)NCc1nc(-c2ccncc2)no1. The van der Waals surface area contributed by atoms with Gasteiger partial charge in [0.05, 0.1) is 11.6 Å². The molecule has 128 valence electrons. The zero-order chi connectivity index (χ0) is 17.6. The molecular weight excluding hydrogens is 367 g/mol. The molecule has 0 bridgehead atoms. The molecule has 0 fully saturated rings. The number of carbonyl (C=O) groups excluding carboxylic acids is 1. The van der Waals surface area contributed by atoms with E-state index in [2.05, 4.69) is 20.4 Å². The van der Waals surface area contributed by atoms with E-state index >= 15 is 0 Å². The summed E-state index contributed by atoms with van der Waals surface area (Å²) < 4.78 is 10.4. The van der Waals surface area contributed by atoms with E-state index in [1.807, 2.05) is 0 Å². The molecule has 9 heteroatoms. The van der Waals surface area contributed by atoms with Crippen LogP contribution in [-0.2, 0) is 11.3 Å². The van der Waals surface area contributed by atoms with Crippen molar-refractivity contribution in [2.75, 3.05) is 6.61 Å². The average Bonchev–Trinajstić information content (AvgIpc) is 3.10. The Kier molecular flexibility index (Phi) is 5.47. The van der Waals surface area contributed by atoms with Crippen molar-refractivity contribution in [1.29, 1.82) is 0 Å². The predicted molar refractivity (Wildman–Crippen MR) is 91.3 cm³/mol. The summed E-state index contributed by atoms with van der Waals surface area (Å²) in [6.07, 6.45) is 3.26. The fourth-order valence-corrected chi connectivity index (χ4v) is 2.24. The van der Waals surface area contributed by atoms with Gasteiger partial charge in [-0.1, -0.05) is 28.4 Å². The van der Waals surface area contributed by atoms with E-state index in [1.165, 1.54) is 6.07 Å². The van der Waals surface area contributed by atoms with Crippen LogP contribution in [0.1, 0.15) is 5.89 Å². The fraction of sp³-hybridized carbons (Fsp3) is 0.125. The molecule has 2 heterocycles. The Morgan fingerprint density at radius 2 is 2.00 bits per heavy atom. The number of ether oxygens (including phenoxy) is 1. The number of hydrogen-bond donors (Lipinski definition) is 1. The predicted octanol–water partition coefficient (Wildman–Crippen LogP) is 3.13. The molecule has 1 N–H and O–H groups in total. The van der Waals surface area contributed by atoms with Gasteiger partial charge in [0.25, 0.3) is 5.91 Å². The lowest BCUT2D eigenvalue weighted by atomic mass is 10.2. The van der Waals surface area contributed by atoms with E-state index in [4.69, 9.17) is 32.5 Å². The van der Waals surface area contributed by atoms with Gasteiger partial charge in [0.1, 0.15) is 5.75 Å². The summed E-state index contributed by atoms with van der Waals surface area (Å²) in [5.41, 5.74) is 0.773. The van der Waals surface area contributed by atoms with Crippen LogP contribution >= 0.6 is 23.2 Å². The first-order valence-corrected chi connectivity index (χ1v) is 7.95. The highest BCUT2D eigenvalue weighted by Crippen LogP contribution is 2.27. The van der Waals surface area contributed by atoms with Gasteiger partial charge in [0, 0.05) is 29.0 Å². The second-order valence-corrected chi connectivity index (χ2v) is 5.73. The van der Waals surface area contributed by atoms with Gasteiger partial charge in [-0.25, -0.2) is 0 Å². The number of pyridine rings is 1. The van der Waals surface area contributed by atoms with Gasteiger partial charge in [-0.3, -0.25) is 9.78 Å². The number of nitrogens with zero attached hydrogens (tertiary/aromatic N) is 3. The molecule has 1 aromatic carbocycles. The molecule has 1 amide bonds. The van der Waals surface area contributed by atoms with Crippen LogP contribution in [0.2, 0.25) is 10.0 Å². The number of carbonyl (C=O) groups is 1. The first-order valence-electron chi connectivity index (χ1n) is 7.19. The van der Waals surface area contributed by atoms with Crippen molar-refractivity contribution in [3.8, 4) is 17.1 Å². The van der Waals surface area contributed by atoms with Crippen molar-refractivity contribution in [3.63, 3.8) is 0 Å². The van der Waals surface area contributed by atoms with E-state index in [1.54, 1.807) is 36.7 Å². The highest BCUT2D eigenvalue weighted by Gasteiger charge is 2.11. The Bertz CT molecular complexity index is 871. The van der Waals surface area contributed by atoms with Crippen LogP contribution in [0.3, 0.4) is 0 Å². The third-order valence-electron chi connectivity index (χ3n) is 3.10. The van der Waals surface area contributed by atoms with Crippen LogP contribution in [0.15, 0.2) is 47.2 Å². The number of hydrogen-bond acceptors (Lipinski definition) is 6. The van der Waals surface area contributed by atoms with Crippen LogP contribution in [0, 0.1) is 0 Å². The number of amides is 1. The van der Waals surface area contributed by atoms with E-state index in [0.717, 1.165) is 5.56 Å². The maximum Gasteiger partial charge on any atom is 0.258 e. The molecule has 3 aromatic rings.